The first-order valence-electron chi connectivity index (χ1n) is 13.1. The third-order valence-electron chi connectivity index (χ3n) is 8.54. The summed E-state index contributed by atoms with van der Waals surface area (Å²) in [6.45, 7) is 3.10. The van der Waals surface area contributed by atoms with Gasteiger partial charge in [0.25, 0.3) is 0 Å². The molecule has 2 aliphatic heterocycles. The van der Waals surface area contributed by atoms with Crippen molar-refractivity contribution in [3.8, 4) is 5.75 Å². The summed E-state index contributed by atoms with van der Waals surface area (Å²) in [5.41, 5.74) is 6.90. The molecule has 3 nitrogen and oxygen atoms in total. The van der Waals surface area contributed by atoms with Gasteiger partial charge in [-0.25, -0.2) is 0 Å². The molecule has 0 saturated carbocycles. The van der Waals surface area contributed by atoms with E-state index in [4.69, 9.17) is 4.74 Å². The lowest BCUT2D eigenvalue weighted by Gasteiger charge is -2.44. The van der Waals surface area contributed by atoms with E-state index in [2.05, 4.69) is 65.6 Å². The molecule has 2 unspecified atom stereocenters. The molecule has 2 heterocycles. The summed E-state index contributed by atoms with van der Waals surface area (Å²) in [6, 6.07) is 26.3. The highest BCUT2D eigenvalue weighted by atomic mass is 16.5. The van der Waals surface area contributed by atoms with E-state index in [9.17, 15) is 5.11 Å². The molecule has 6 rings (SSSR count). The molecule has 34 heavy (non-hydrogen) atoms. The lowest BCUT2D eigenvalue weighted by Crippen LogP contribution is -2.47. The predicted molar refractivity (Wildman–Crippen MR) is 138 cm³/mol. The molecule has 3 aromatic rings. The van der Waals surface area contributed by atoms with Gasteiger partial charge >= 0.3 is 0 Å². The maximum absolute atomic E-state index is 10.1. The molecule has 0 aromatic heterocycles. The number of aryl methyl sites for hydroxylation is 1. The minimum Gasteiger partial charge on any atom is -0.508 e. The Morgan fingerprint density at radius 1 is 0.824 bits per heavy atom. The highest BCUT2D eigenvalue weighted by Crippen LogP contribution is 2.47. The Kier molecular flexibility index (Phi) is 5.82. The summed E-state index contributed by atoms with van der Waals surface area (Å²) < 4.78 is 6.24. The lowest BCUT2D eigenvalue weighted by atomic mass is 9.69. The first kappa shape index (κ1) is 21.7. The van der Waals surface area contributed by atoms with Crippen LogP contribution in [0.2, 0.25) is 0 Å². The molecule has 0 radical (unpaired) electrons. The fraction of sp³-hybridized carbons (Fsp3) is 0.419. The Hall–Kier alpha value is -2.78. The number of ether oxygens (including phenoxy) is 1. The maximum Gasteiger partial charge on any atom is 0.115 e. The number of phenols is 1. The number of aromatic hydroxyl groups is 1. The van der Waals surface area contributed by atoms with Crippen LogP contribution in [0.4, 0.5) is 5.69 Å². The Balaban J connectivity index is 1.27. The Morgan fingerprint density at radius 3 is 2.35 bits per heavy atom. The minimum atomic E-state index is 0.148. The van der Waals surface area contributed by atoms with Crippen molar-refractivity contribution < 1.29 is 9.84 Å². The molecule has 2 atom stereocenters. The molecule has 1 N–H and O–H groups in total. The summed E-state index contributed by atoms with van der Waals surface area (Å²) in [5.74, 6) is 1.12. The van der Waals surface area contributed by atoms with Gasteiger partial charge in [-0.05, 0) is 97.4 Å². The van der Waals surface area contributed by atoms with E-state index >= 15 is 0 Å². The highest BCUT2D eigenvalue weighted by molar-refractivity contribution is 5.52. The van der Waals surface area contributed by atoms with Crippen molar-refractivity contribution in [1.82, 2.24) is 0 Å². The topological polar surface area (TPSA) is 32.7 Å². The fourth-order valence-corrected chi connectivity index (χ4v) is 6.65. The van der Waals surface area contributed by atoms with E-state index in [-0.39, 0.29) is 5.60 Å². The van der Waals surface area contributed by atoms with Gasteiger partial charge in [-0.2, -0.15) is 0 Å². The van der Waals surface area contributed by atoms with Crippen LogP contribution in [0.1, 0.15) is 72.6 Å². The van der Waals surface area contributed by atoms with Gasteiger partial charge in [0.15, 0.2) is 0 Å². The third-order valence-corrected chi connectivity index (χ3v) is 8.54. The normalized spacial score (nSPS) is 24.1. The Labute approximate surface area is 203 Å². The zero-order valence-corrected chi connectivity index (χ0v) is 20.0. The largest absolute Gasteiger partial charge is 0.508 e. The van der Waals surface area contributed by atoms with E-state index < -0.39 is 0 Å². The molecule has 0 amide bonds. The Bertz CT molecular complexity index is 1110. The van der Waals surface area contributed by atoms with Crippen molar-refractivity contribution in [2.75, 3.05) is 24.6 Å². The number of piperidine rings is 1. The van der Waals surface area contributed by atoms with Crippen LogP contribution in [0.5, 0.6) is 5.75 Å². The van der Waals surface area contributed by atoms with Crippen molar-refractivity contribution in [1.29, 1.82) is 0 Å². The monoisotopic (exact) mass is 453 g/mol. The number of rotatable bonds is 3. The molecule has 1 spiro atoms. The Morgan fingerprint density at radius 2 is 1.62 bits per heavy atom. The maximum atomic E-state index is 10.1. The SMILES string of the molecule is Oc1ccc2c(c1)CCC(c1ccccc1)C2c1ccc(N2CCC3(CCCCO3)CC2)cc1. The van der Waals surface area contributed by atoms with E-state index in [0.29, 0.717) is 17.6 Å². The van der Waals surface area contributed by atoms with E-state index in [1.54, 1.807) is 0 Å². The van der Waals surface area contributed by atoms with Crippen LogP contribution in [0.3, 0.4) is 0 Å². The molecule has 0 bridgehead atoms. The molecule has 3 aromatic carbocycles. The third kappa shape index (κ3) is 4.11. The number of hydrogen-bond donors (Lipinski definition) is 1. The van der Waals surface area contributed by atoms with Crippen LogP contribution < -0.4 is 4.90 Å². The lowest BCUT2D eigenvalue weighted by molar-refractivity contribution is -0.0920. The number of phenolic OH excluding ortho intramolecular Hbond substituents is 1. The van der Waals surface area contributed by atoms with Crippen LogP contribution in [-0.2, 0) is 11.2 Å². The summed E-state index contributed by atoms with van der Waals surface area (Å²) in [7, 11) is 0. The minimum absolute atomic E-state index is 0.148. The second-order valence-electron chi connectivity index (χ2n) is 10.5. The van der Waals surface area contributed by atoms with Crippen molar-refractivity contribution in [3.63, 3.8) is 0 Å². The average Bonchev–Trinajstić information content (AvgIpc) is 2.89. The standard InChI is InChI=1S/C31H35NO2/c33-27-13-15-29-25(22-27)10-14-28(23-6-2-1-3-7-23)30(29)24-8-11-26(12-9-24)32-19-17-31(18-20-32)16-4-5-21-34-31/h1-3,6-9,11-13,15,22,28,30,33H,4-5,10,14,16-21H2. The first-order valence-corrected chi connectivity index (χ1v) is 13.1. The molecule has 2 fully saturated rings. The number of hydrogen-bond acceptors (Lipinski definition) is 3. The van der Waals surface area contributed by atoms with Crippen molar-refractivity contribution in [3.05, 3.63) is 95.1 Å². The number of fused-ring (bicyclic) bond motifs is 1. The molecule has 3 heteroatoms. The quantitative estimate of drug-likeness (QED) is 0.474. The summed E-state index contributed by atoms with van der Waals surface area (Å²) in [5, 5.41) is 10.1. The second-order valence-corrected chi connectivity index (χ2v) is 10.5. The fourth-order valence-electron chi connectivity index (χ4n) is 6.65. The van der Waals surface area contributed by atoms with Crippen molar-refractivity contribution in [2.45, 2.75) is 62.4 Å². The number of benzene rings is 3. The zero-order chi connectivity index (χ0) is 23.0. The van der Waals surface area contributed by atoms with Gasteiger partial charge in [0.1, 0.15) is 5.75 Å². The second kappa shape index (κ2) is 9.11. The smallest absolute Gasteiger partial charge is 0.115 e. The van der Waals surface area contributed by atoms with Crippen LogP contribution in [0, 0.1) is 0 Å². The molecule has 176 valence electrons. The molecular weight excluding hydrogens is 418 g/mol. The summed E-state index contributed by atoms with van der Waals surface area (Å²) in [4.78, 5) is 2.54. The van der Waals surface area contributed by atoms with Crippen molar-refractivity contribution >= 4 is 5.69 Å². The van der Waals surface area contributed by atoms with Crippen LogP contribution in [0.15, 0.2) is 72.8 Å². The number of anilines is 1. The van der Waals surface area contributed by atoms with Gasteiger partial charge in [-0.3, -0.25) is 0 Å². The zero-order valence-electron chi connectivity index (χ0n) is 20.0. The highest BCUT2D eigenvalue weighted by Gasteiger charge is 2.37. The average molecular weight is 454 g/mol. The molecular formula is C31H35NO2. The van der Waals surface area contributed by atoms with E-state index in [0.717, 1.165) is 45.4 Å². The van der Waals surface area contributed by atoms with Crippen LogP contribution in [0.25, 0.3) is 0 Å². The molecule has 2 saturated heterocycles. The van der Waals surface area contributed by atoms with Crippen molar-refractivity contribution in [2.24, 2.45) is 0 Å². The molecule has 1 aliphatic carbocycles. The van der Waals surface area contributed by atoms with Gasteiger partial charge in [-0.1, -0.05) is 48.5 Å². The first-order chi connectivity index (χ1) is 16.7. The molecule has 3 aliphatic rings. The van der Waals surface area contributed by atoms with Gasteiger partial charge < -0.3 is 14.7 Å². The van der Waals surface area contributed by atoms with Crippen LogP contribution in [-0.4, -0.2) is 30.4 Å². The predicted octanol–water partition coefficient (Wildman–Crippen LogP) is 6.79. The van der Waals surface area contributed by atoms with E-state index in [1.807, 2.05) is 12.1 Å². The number of nitrogens with zero attached hydrogens (tertiary/aromatic N) is 1. The van der Waals surface area contributed by atoms with Gasteiger partial charge in [0, 0.05) is 31.3 Å². The van der Waals surface area contributed by atoms with E-state index in [1.165, 1.54) is 47.2 Å². The summed E-state index contributed by atoms with van der Waals surface area (Å²) in [6.07, 6.45) is 8.17. The van der Waals surface area contributed by atoms with Gasteiger partial charge in [0.2, 0.25) is 0 Å². The summed E-state index contributed by atoms with van der Waals surface area (Å²) >= 11 is 0. The van der Waals surface area contributed by atoms with Gasteiger partial charge in [0.05, 0.1) is 5.60 Å². The van der Waals surface area contributed by atoms with Gasteiger partial charge in [-0.15, -0.1) is 0 Å². The van der Waals surface area contributed by atoms with Crippen LogP contribution >= 0.6 is 0 Å².